The average Bonchev–Trinajstić information content (AvgIpc) is 2.18. The SMILES string of the molecule is CC(=O)N1CCN(S(=O)(=O)CCO)CC1. The summed E-state index contributed by atoms with van der Waals surface area (Å²) in [6.07, 6.45) is 0. The third kappa shape index (κ3) is 3.15. The van der Waals surface area contributed by atoms with Gasteiger partial charge in [-0.05, 0) is 0 Å². The summed E-state index contributed by atoms with van der Waals surface area (Å²) in [5, 5.41) is 8.60. The second kappa shape index (κ2) is 4.91. The largest absolute Gasteiger partial charge is 0.395 e. The number of carbonyl (C=O) groups excluding carboxylic acids is 1. The van der Waals surface area contributed by atoms with Crippen LogP contribution in [0.1, 0.15) is 6.92 Å². The summed E-state index contributed by atoms with van der Waals surface area (Å²) in [6, 6.07) is 0. The smallest absolute Gasteiger partial charge is 0.219 e. The summed E-state index contributed by atoms with van der Waals surface area (Å²) in [6.45, 7) is 2.61. The fourth-order valence-electron chi connectivity index (χ4n) is 1.53. The number of aliphatic hydroxyl groups is 1. The molecule has 1 aliphatic rings. The Bertz CT molecular complexity index is 320. The van der Waals surface area contributed by atoms with Gasteiger partial charge < -0.3 is 10.0 Å². The van der Waals surface area contributed by atoms with Gasteiger partial charge in [0.05, 0.1) is 12.4 Å². The molecule has 0 radical (unpaired) electrons. The highest BCUT2D eigenvalue weighted by atomic mass is 32.2. The van der Waals surface area contributed by atoms with E-state index in [1.54, 1.807) is 4.90 Å². The molecule has 1 rings (SSSR count). The summed E-state index contributed by atoms with van der Waals surface area (Å²) in [5.74, 6) is -0.276. The zero-order valence-electron chi connectivity index (χ0n) is 8.72. The fourth-order valence-corrected chi connectivity index (χ4v) is 2.73. The molecule has 1 saturated heterocycles. The number of rotatable bonds is 3. The quantitative estimate of drug-likeness (QED) is 0.645. The Morgan fingerprint density at radius 1 is 1.27 bits per heavy atom. The van der Waals surface area contributed by atoms with E-state index >= 15 is 0 Å². The van der Waals surface area contributed by atoms with Crippen LogP contribution in [0.4, 0.5) is 0 Å². The molecule has 6 nitrogen and oxygen atoms in total. The van der Waals surface area contributed by atoms with Crippen molar-refractivity contribution < 1.29 is 18.3 Å². The van der Waals surface area contributed by atoms with Crippen molar-refractivity contribution in [2.24, 2.45) is 0 Å². The van der Waals surface area contributed by atoms with Gasteiger partial charge in [0, 0.05) is 33.1 Å². The summed E-state index contributed by atoms with van der Waals surface area (Å²) in [5.41, 5.74) is 0. The molecule has 15 heavy (non-hydrogen) atoms. The monoisotopic (exact) mass is 236 g/mol. The number of carbonyl (C=O) groups is 1. The van der Waals surface area contributed by atoms with Crippen LogP contribution in [-0.4, -0.2) is 67.2 Å². The fraction of sp³-hybridized carbons (Fsp3) is 0.875. The molecular formula is C8H16N2O4S. The van der Waals surface area contributed by atoms with Crippen molar-refractivity contribution in [3.63, 3.8) is 0 Å². The van der Waals surface area contributed by atoms with Gasteiger partial charge in [0.2, 0.25) is 15.9 Å². The van der Waals surface area contributed by atoms with Crippen molar-refractivity contribution in [2.45, 2.75) is 6.92 Å². The minimum absolute atomic E-state index is 0.0331. The molecule has 0 spiro atoms. The maximum atomic E-state index is 11.5. The molecule has 88 valence electrons. The van der Waals surface area contributed by atoms with Gasteiger partial charge in [-0.15, -0.1) is 0 Å². The molecule has 0 aromatic carbocycles. The Hall–Kier alpha value is -0.660. The topological polar surface area (TPSA) is 77.9 Å². The first-order valence-corrected chi connectivity index (χ1v) is 6.42. The summed E-state index contributed by atoms with van der Waals surface area (Å²) < 4.78 is 24.4. The summed E-state index contributed by atoms with van der Waals surface area (Å²) in [4.78, 5) is 12.6. The molecule has 0 saturated carbocycles. The van der Waals surface area contributed by atoms with E-state index < -0.39 is 10.0 Å². The molecule has 0 bridgehead atoms. The van der Waals surface area contributed by atoms with Crippen molar-refractivity contribution in [1.82, 2.24) is 9.21 Å². The molecule has 1 heterocycles. The van der Waals surface area contributed by atoms with Gasteiger partial charge >= 0.3 is 0 Å². The summed E-state index contributed by atoms with van der Waals surface area (Å²) >= 11 is 0. The first-order valence-electron chi connectivity index (χ1n) is 4.81. The van der Waals surface area contributed by atoms with Crippen LogP contribution in [0.15, 0.2) is 0 Å². The number of hydrogen-bond acceptors (Lipinski definition) is 4. The van der Waals surface area contributed by atoms with Gasteiger partial charge in [0.1, 0.15) is 0 Å². The van der Waals surface area contributed by atoms with Crippen LogP contribution >= 0.6 is 0 Å². The lowest BCUT2D eigenvalue weighted by Crippen LogP contribution is -2.50. The zero-order chi connectivity index (χ0) is 11.5. The molecule has 7 heteroatoms. The van der Waals surface area contributed by atoms with E-state index in [1.807, 2.05) is 0 Å². The third-order valence-electron chi connectivity index (χ3n) is 2.43. The molecule has 0 atom stereocenters. The van der Waals surface area contributed by atoms with Crippen molar-refractivity contribution in [3.8, 4) is 0 Å². The molecule has 0 aliphatic carbocycles. The lowest BCUT2D eigenvalue weighted by molar-refractivity contribution is -0.129. The van der Waals surface area contributed by atoms with Gasteiger partial charge in [-0.2, -0.15) is 4.31 Å². The average molecular weight is 236 g/mol. The zero-order valence-corrected chi connectivity index (χ0v) is 9.53. The minimum atomic E-state index is -3.34. The highest BCUT2D eigenvalue weighted by Crippen LogP contribution is 2.07. The first-order chi connectivity index (χ1) is 6.97. The maximum Gasteiger partial charge on any atom is 0.219 e. The molecule has 0 unspecified atom stereocenters. The summed E-state index contributed by atoms with van der Waals surface area (Å²) in [7, 11) is -3.34. The molecule has 1 N–H and O–H groups in total. The van der Waals surface area contributed by atoms with Gasteiger partial charge in [-0.25, -0.2) is 8.42 Å². The van der Waals surface area contributed by atoms with Gasteiger partial charge in [-0.3, -0.25) is 4.79 Å². The molecule has 1 amide bonds. The van der Waals surface area contributed by atoms with Crippen molar-refractivity contribution in [2.75, 3.05) is 38.5 Å². The van der Waals surface area contributed by atoms with E-state index in [9.17, 15) is 13.2 Å². The lowest BCUT2D eigenvalue weighted by atomic mass is 10.3. The van der Waals surface area contributed by atoms with Crippen LogP contribution < -0.4 is 0 Å². The van der Waals surface area contributed by atoms with E-state index in [-0.39, 0.29) is 18.3 Å². The Labute approximate surface area is 89.5 Å². The molecular weight excluding hydrogens is 220 g/mol. The van der Waals surface area contributed by atoms with E-state index in [0.29, 0.717) is 26.2 Å². The van der Waals surface area contributed by atoms with Crippen LogP contribution in [0, 0.1) is 0 Å². The molecule has 1 aliphatic heterocycles. The van der Waals surface area contributed by atoms with Gasteiger partial charge in [0.15, 0.2) is 0 Å². The van der Waals surface area contributed by atoms with Crippen LogP contribution in [0.2, 0.25) is 0 Å². The van der Waals surface area contributed by atoms with Crippen LogP contribution in [0.3, 0.4) is 0 Å². The van der Waals surface area contributed by atoms with E-state index in [1.165, 1.54) is 11.2 Å². The second-order valence-corrected chi connectivity index (χ2v) is 5.53. The molecule has 0 aromatic rings. The molecule has 0 aromatic heterocycles. The van der Waals surface area contributed by atoms with E-state index in [0.717, 1.165) is 0 Å². The highest BCUT2D eigenvalue weighted by Gasteiger charge is 2.26. The number of piperazine rings is 1. The molecule has 1 fully saturated rings. The van der Waals surface area contributed by atoms with E-state index in [4.69, 9.17) is 5.11 Å². The third-order valence-corrected chi connectivity index (χ3v) is 4.28. The number of amides is 1. The Morgan fingerprint density at radius 2 is 1.80 bits per heavy atom. The Morgan fingerprint density at radius 3 is 2.20 bits per heavy atom. The number of hydrogen-bond donors (Lipinski definition) is 1. The predicted octanol–water partition coefficient (Wildman–Crippen LogP) is -1.53. The lowest BCUT2D eigenvalue weighted by Gasteiger charge is -2.33. The van der Waals surface area contributed by atoms with Crippen molar-refractivity contribution >= 4 is 15.9 Å². The highest BCUT2D eigenvalue weighted by molar-refractivity contribution is 7.89. The number of aliphatic hydroxyl groups excluding tert-OH is 1. The number of nitrogens with zero attached hydrogens (tertiary/aromatic N) is 2. The van der Waals surface area contributed by atoms with Gasteiger partial charge in [0.25, 0.3) is 0 Å². The van der Waals surface area contributed by atoms with E-state index in [2.05, 4.69) is 0 Å². The van der Waals surface area contributed by atoms with Crippen molar-refractivity contribution in [1.29, 1.82) is 0 Å². The van der Waals surface area contributed by atoms with Crippen molar-refractivity contribution in [3.05, 3.63) is 0 Å². The predicted molar refractivity (Wildman–Crippen MR) is 54.7 cm³/mol. The second-order valence-electron chi connectivity index (χ2n) is 3.44. The number of sulfonamides is 1. The maximum absolute atomic E-state index is 11.5. The van der Waals surface area contributed by atoms with Crippen LogP contribution in [-0.2, 0) is 14.8 Å². The Balaban J connectivity index is 2.54. The first kappa shape index (κ1) is 12.4. The van der Waals surface area contributed by atoms with Crippen LogP contribution in [0.25, 0.3) is 0 Å². The van der Waals surface area contributed by atoms with Gasteiger partial charge in [-0.1, -0.05) is 0 Å². The Kier molecular flexibility index (Phi) is 4.06. The van der Waals surface area contributed by atoms with Crippen LogP contribution in [0.5, 0.6) is 0 Å². The minimum Gasteiger partial charge on any atom is -0.395 e. The normalized spacial score (nSPS) is 19.2. The standard InChI is InChI=1S/C8H16N2O4S/c1-8(12)9-2-4-10(5-3-9)15(13,14)7-6-11/h11H,2-7H2,1H3.